The number of hydrogen-bond donors (Lipinski definition) is 2. The van der Waals surface area contributed by atoms with E-state index in [-0.39, 0.29) is 6.10 Å². The van der Waals surface area contributed by atoms with Crippen LogP contribution in [0.2, 0.25) is 0 Å². The summed E-state index contributed by atoms with van der Waals surface area (Å²) < 4.78 is 6.94. The van der Waals surface area contributed by atoms with E-state index < -0.39 is 0 Å². The molecule has 2 aliphatic rings. The summed E-state index contributed by atoms with van der Waals surface area (Å²) in [4.78, 5) is 2.95. The van der Waals surface area contributed by atoms with Gasteiger partial charge in [-0.15, -0.1) is 0 Å². The Morgan fingerprint density at radius 3 is 3.19 bits per heavy atom. The summed E-state index contributed by atoms with van der Waals surface area (Å²) in [5.74, 6) is 0. The van der Waals surface area contributed by atoms with E-state index in [1.807, 2.05) is 18.2 Å². The fraction of sp³-hybridized carbons (Fsp3) is 0.533. The van der Waals surface area contributed by atoms with Crippen LogP contribution in [0.1, 0.15) is 18.4 Å². The molecule has 2 heterocycles. The lowest BCUT2D eigenvalue weighted by Gasteiger charge is -2.35. The van der Waals surface area contributed by atoms with Crippen molar-refractivity contribution in [3.05, 3.63) is 28.2 Å². The fourth-order valence-corrected chi connectivity index (χ4v) is 3.64. The van der Waals surface area contributed by atoms with Crippen molar-refractivity contribution in [3.63, 3.8) is 0 Å². The molecule has 0 aromatic heterocycles. The number of nitrogens with two attached hydrogens (primary N) is 1. The maximum Gasteiger partial charge on any atom is 0.106 e. The van der Waals surface area contributed by atoms with Crippen LogP contribution in [0.5, 0.6) is 0 Å². The molecule has 0 radical (unpaired) electrons. The number of rotatable bonds is 4. The summed E-state index contributed by atoms with van der Waals surface area (Å²) in [5, 5.41) is 3.43. The molecule has 0 spiro atoms. The SMILES string of the molecule is NC(=S)c1cc(Br)ccc1NCC1CN2CCCC2CO1. The number of fused-ring (bicyclic) bond motifs is 1. The highest BCUT2D eigenvalue weighted by molar-refractivity contribution is 9.10. The van der Waals surface area contributed by atoms with E-state index in [4.69, 9.17) is 22.7 Å². The van der Waals surface area contributed by atoms with Gasteiger partial charge in [0.15, 0.2) is 0 Å². The van der Waals surface area contributed by atoms with Crippen LogP contribution in [0.15, 0.2) is 22.7 Å². The molecule has 4 nitrogen and oxygen atoms in total. The summed E-state index contributed by atoms with van der Waals surface area (Å²) in [7, 11) is 0. The number of hydrogen-bond acceptors (Lipinski definition) is 4. The first kappa shape index (κ1) is 15.2. The first-order chi connectivity index (χ1) is 10.1. The van der Waals surface area contributed by atoms with Crippen LogP contribution in [0, 0.1) is 0 Å². The Kier molecular flexibility index (Phi) is 4.78. The van der Waals surface area contributed by atoms with Gasteiger partial charge in [-0.3, -0.25) is 4.90 Å². The van der Waals surface area contributed by atoms with E-state index in [0.717, 1.165) is 35.4 Å². The molecule has 2 unspecified atom stereocenters. The maximum atomic E-state index is 5.96. The minimum Gasteiger partial charge on any atom is -0.389 e. The number of morpholine rings is 1. The molecule has 1 aromatic carbocycles. The van der Waals surface area contributed by atoms with E-state index in [9.17, 15) is 0 Å². The normalized spacial score (nSPS) is 25.6. The molecular formula is C15H20BrN3OS. The summed E-state index contributed by atoms with van der Waals surface area (Å²) in [6.07, 6.45) is 2.80. The van der Waals surface area contributed by atoms with Gasteiger partial charge in [-0.25, -0.2) is 0 Å². The summed E-state index contributed by atoms with van der Waals surface area (Å²) in [5.41, 5.74) is 7.63. The Balaban J connectivity index is 1.61. The maximum absolute atomic E-state index is 5.96. The van der Waals surface area contributed by atoms with Crippen LogP contribution >= 0.6 is 28.1 Å². The monoisotopic (exact) mass is 369 g/mol. The predicted octanol–water partition coefficient (Wildman–Crippen LogP) is 2.36. The zero-order valence-electron chi connectivity index (χ0n) is 11.8. The second-order valence-corrected chi connectivity index (χ2v) is 7.04. The smallest absolute Gasteiger partial charge is 0.106 e. The second kappa shape index (κ2) is 6.60. The molecule has 2 aliphatic heterocycles. The van der Waals surface area contributed by atoms with Crippen molar-refractivity contribution in [2.24, 2.45) is 5.73 Å². The number of nitrogens with one attached hydrogen (secondary N) is 1. The molecule has 2 saturated heterocycles. The molecule has 21 heavy (non-hydrogen) atoms. The van der Waals surface area contributed by atoms with Crippen molar-refractivity contribution in [1.29, 1.82) is 0 Å². The van der Waals surface area contributed by atoms with Crippen molar-refractivity contribution >= 4 is 38.8 Å². The highest BCUT2D eigenvalue weighted by Crippen LogP contribution is 2.24. The van der Waals surface area contributed by atoms with Crippen molar-refractivity contribution in [2.45, 2.75) is 25.0 Å². The number of halogens is 1. The topological polar surface area (TPSA) is 50.5 Å². The van der Waals surface area contributed by atoms with Gasteiger partial charge in [-0.05, 0) is 37.6 Å². The van der Waals surface area contributed by atoms with Crippen LogP contribution in [-0.2, 0) is 4.74 Å². The Labute approximate surface area is 139 Å². The first-order valence-electron chi connectivity index (χ1n) is 7.32. The third-order valence-electron chi connectivity index (χ3n) is 4.23. The van der Waals surface area contributed by atoms with E-state index >= 15 is 0 Å². The molecule has 0 aliphatic carbocycles. The van der Waals surface area contributed by atoms with E-state index in [2.05, 4.69) is 26.1 Å². The molecule has 1 aromatic rings. The standard InChI is InChI=1S/C15H20BrN3OS/c16-10-3-4-14(13(6-10)15(17)21)18-7-12-8-19-5-1-2-11(19)9-20-12/h3-4,6,11-12,18H,1-2,5,7-9H2,(H2,17,21). The van der Waals surface area contributed by atoms with E-state index in [1.165, 1.54) is 19.4 Å². The zero-order chi connectivity index (χ0) is 14.8. The molecule has 0 bridgehead atoms. The number of benzene rings is 1. The van der Waals surface area contributed by atoms with Gasteiger partial charge in [0, 0.05) is 34.9 Å². The molecule has 0 saturated carbocycles. The van der Waals surface area contributed by atoms with Gasteiger partial charge in [0.05, 0.1) is 12.7 Å². The van der Waals surface area contributed by atoms with Crippen molar-refractivity contribution in [3.8, 4) is 0 Å². The second-order valence-electron chi connectivity index (χ2n) is 5.68. The Hall–Kier alpha value is -0.690. The Morgan fingerprint density at radius 2 is 2.38 bits per heavy atom. The van der Waals surface area contributed by atoms with Gasteiger partial charge in [0.25, 0.3) is 0 Å². The molecule has 3 N–H and O–H groups in total. The zero-order valence-corrected chi connectivity index (χ0v) is 14.3. The average Bonchev–Trinajstić information content (AvgIpc) is 2.93. The lowest BCUT2D eigenvalue weighted by molar-refractivity contribution is -0.0415. The average molecular weight is 370 g/mol. The third-order valence-corrected chi connectivity index (χ3v) is 4.94. The highest BCUT2D eigenvalue weighted by atomic mass is 79.9. The minimum atomic E-state index is 0.224. The summed E-state index contributed by atoms with van der Waals surface area (Å²) in [6, 6.07) is 6.58. The molecule has 2 atom stereocenters. The number of anilines is 1. The summed E-state index contributed by atoms with van der Waals surface area (Å²) in [6.45, 7) is 3.85. The number of ether oxygens (including phenoxy) is 1. The molecular weight excluding hydrogens is 350 g/mol. The van der Waals surface area contributed by atoms with Crippen LogP contribution in [0.4, 0.5) is 5.69 Å². The largest absolute Gasteiger partial charge is 0.389 e. The van der Waals surface area contributed by atoms with Crippen molar-refractivity contribution in [1.82, 2.24) is 4.90 Å². The lowest BCUT2D eigenvalue weighted by atomic mass is 10.1. The summed E-state index contributed by atoms with van der Waals surface area (Å²) >= 11 is 8.57. The molecule has 2 fully saturated rings. The molecule has 3 rings (SSSR count). The van der Waals surface area contributed by atoms with Crippen molar-refractivity contribution in [2.75, 3.05) is 31.6 Å². The van der Waals surface area contributed by atoms with Gasteiger partial charge in [0.2, 0.25) is 0 Å². The number of nitrogens with zero attached hydrogens (tertiary/aromatic N) is 1. The van der Waals surface area contributed by atoms with Crippen LogP contribution < -0.4 is 11.1 Å². The Bertz CT molecular complexity index is 540. The molecule has 0 amide bonds. The van der Waals surface area contributed by atoms with Gasteiger partial charge in [0.1, 0.15) is 4.99 Å². The quantitative estimate of drug-likeness (QED) is 0.797. The van der Waals surface area contributed by atoms with E-state index in [1.54, 1.807) is 0 Å². The van der Waals surface area contributed by atoms with Gasteiger partial charge < -0.3 is 15.8 Å². The van der Waals surface area contributed by atoms with E-state index in [0.29, 0.717) is 11.0 Å². The predicted molar refractivity (Wildman–Crippen MR) is 92.9 cm³/mol. The lowest BCUT2D eigenvalue weighted by Crippen LogP contribution is -2.48. The Morgan fingerprint density at radius 1 is 1.52 bits per heavy atom. The van der Waals surface area contributed by atoms with Crippen LogP contribution in [0.25, 0.3) is 0 Å². The third kappa shape index (κ3) is 3.56. The number of thiocarbonyl (C=S) groups is 1. The van der Waals surface area contributed by atoms with Gasteiger partial charge in [-0.1, -0.05) is 28.1 Å². The molecule has 6 heteroatoms. The fourth-order valence-electron chi connectivity index (χ4n) is 3.11. The van der Waals surface area contributed by atoms with Crippen molar-refractivity contribution < 1.29 is 4.74 Å². The van der Waals surface area contributed by atoms with Crippen LogP contribution in [-0.4, -0.2) is 48.3 Å². The highest BCUT2D eigenvalue weighted by Gasteiger charge is 2.32. The van der Waals surface area contributed by atoms with Gasteiger partial charge >= 0.3 is 0 Å². The molecule has 114 valence electrons. The minimum absolute atomic E-state index is 0.224. The first-order valence-corrected chi connectivity index (χ1v) is 8.52. The van der Waals surface area contributed by atoms with Gasteiger partial charge in [-0.2, -0.15) is 0 Å². The van der Waals surface area contributed by atoms with Crippen LogP contribution in [0.3, 0.4) is 0 Å².